The molecule has 128 valence electrons. The third kappa shape index (κ3) is 5.63. The van der Waals surface area contributed by atoms with Gasteiger partial charge >= 0.3 is 0 Å². The Kier molecular flexibility index (Phi) is 6.19. The lowest BCUT2D eigenvalue weighted by molar-refractivity contribution is -0.140. The maximum absolute atomic E-state index is 12.8. The molecule has 0 saturated carbocycles. The maximum Gasteiger partial charge on any atom is 0.228 e. The van der Waals surface area contributed by atoms with Gasteiger partial charge in [-0.2, -0.15) is 0 Å². The van der Waals surface area contributed by atoms with Crippen molar-refractivity contribution in [3.8, 4) is 0 Å². The zero-order valence-corrected chi connectivity index (χ0v) is 15.1. The number of nitrogens with zero attached hydrogens (tertiary/aromatic N) is 3. The van der Waals surface area contributed by atoms with Gasteiger partial charge in [-0.25, -0.2) is 0 Å². The van der Waals surface area contributed by atoms with Crippen LogP contribution in [0.4, 0.5) is 0 Å². The van der Waals surface area contributed by atoms with Crippen molar-refractivity contribution in [1.82, 2.24) is 14.7 Å². The van der Waals surface area contributed by atoms with Gasteiger partial charge in [0.25, 0.3) is 0 Å². The molecule has 0 aromatic heterocycles. The van der Waals surface area contributed by atoms with Crippen LogP contribution in [-0.2, 0) is 11.3 Å². The first-order valence-electron chi connectivity index (χ1n) is 8.60. The summed E-state index contributed by atoms with van der Waals surface area (Å²) in [6.45, 7) is 12.9. The number of carbonyl (C=O) groups excluding carboxylic acids is 1. The molecule has 0 unspecified atom stereocenters. The standard InChI is InChI=1S/C19H31N3O/c1-19(2,3)18(23)22(16-17-8-6-5-7-9-17)15-14-21-12-10-20(4)11-13-21/h5-9H,10-16H2,1-4H3. The van der Waals surface area contributed by atoms with E-state index >= 15 is 0 Å². The molecular formula is C19H31N3O. The van der Waals surface area contributed by atoms with Crippen molar-refractivity contribution in [2.24, 2.45) is 5.41 Å². The Balaban J connectivity index is 1.97. The van der Waals surface area contributed by atoms with Crippen LogP contribution < -0.4 is 0 Å². The number of hydrogen-bond acceptors (Lipinski definition) is 3. The van der Waals surface area contributed by atoms with E-state index in [4.69, 9.17) is 0 Å². The second-order valence-corrected chi connectivity index (χ2v) is 7.61. The lowest BCUT2D eigenvalue weighted by atomic mass is 9.94. The minimum absolute atomic E-state index is 0.232. The molecule has 1 aromatic carbocycles. The molecule has 0 aliphatic carbocycles. The minimum Gasteiger partial charge on any atom is -0.337 e. The van der Waals surface area contributed by atoms with Crippen molar-refractivity contribution in [2.75, 3.05) is 46.3 Å². The highest BCUT2D eigenvalue weighted by atomic mass is 16.2. The van der Waals surface area contributed by atoms with Crippen LogP contribution in [0.1, 0.15) is 26.3 Å². The van der Waals surface area contributed by atoms with Crippen molar-refractivity contribution in [3.05, 3.63) is 35.9 Å². The summed E-state index contributed by atoms with van der Waals surface area (Å²) in [7, 11) is 2.17. The molecule has 23 heavy (non-hydrogen) atoms. The van der Waals surface area contributed by atoms with Crippen LogP contribution in [0.3, 0.4) is 0 Å². The summed E-state index contributed by atoms with van der Waals surface area (Å²) in [6.07, 6.45) is 0. The molecule has 0 N–H and O–H groups in total. The van der Waals surface area contributed by atoms with Gasteiger partial charge in [-0.3, -0.25) is 9.69 Å². The first-order chi connectivity index (χ1) is 10.9. The van der Waals surface area contributed by atoms with Crippen LogP contribution in [0.2, 0.25) is 0 Å². The first-order valence-corrected chi connectivity index (χ1v) is 8.60. The molecule has 1 aromatic rings. The lowest BCUT2D eigenvalue weighted by Crippen LogP contribution is -2.48. The molecule has 0 radical (unpaired) electrons. The molecule has 0 atom stereocenters. The largest absolute Gasteiger partial charge is 0.337 e. The summed E-state index contributed by atoms with van der Waals surface area (Å²) >= 11 is 0. The normalized spacial score (nSPS) is 17.2. The summed E-state index contributed by atoms with van der Waals surface area (Å²) in [6, 6.07) is 10.3. The fourth-order valence-corrected chi connectivity index (χ4v) is 2.86. The van der Waals surface area contributed by atoms with Gasteiger partial charge in [-0.05, 0) is 12.6 Å². The predicted molar refractivity (Wildman–Crippen MR) is 95.3 cm³/mol. The molecule has 0 bridgehead atoms. The first kappa shape index (κ1) is 18.0. The highest BCUT2D eigenvalue weighted by molar-refractivity contribution is 5.81. The average molecular weight is 317 g/mol. The third-order valence-electron chi connectivity index (χ3n) is 4.43. The van der Waals surface area contributed by atoms with E-state index in [9.17, 15) is 4.79 Å². The SMILES string of the molecule is CN1CCN(CCN(Cc2ccccc2)C(=O)C(C)(C)C)CC1. The number of carbonyl (C=O) groups is 1. The van der Waals surface area contributed by atoms with Gasteiger partial charge in [0.05, 0.1) is 0 Å². The van der Waals surface area contributed by atoms with E-state index in [1.807, 2.05) is 43.9 Å². The molecule has 1 amide bonds. The summed E-state index contributed by atoms with van der Waals surface area (Å²) in [4.78, 5) is 19.6. The van der Waals surface area contributed by atoms with Crippen LogP contribution in [0.15, 0.2) is 30.3 Å². The Bertz CT molecular complexity index is 487. The van der Waals surface area contributed by atoms with E-state index in [0.29, 0.717) is 6.54 Å². The van der Waals surface area contributed by atoms with Crippen LogP contribution in [0.5, 0.6) is 0 Å². The third-order valence-corrected chi connectivity index (χ3v) is 4.43. The van der Waals surface area contributed by atoms with E-state index in [2.05, 4.69) is 29.0 Å². The van der Waals surface area contributed by atoms with Crippen LogP contribution >= 0.6 is 0 Å². The molecule has 4 heteroatoms. The van der Waals surface area contributed by atoms with Crippen molar-refractivity contribution in [3.63, 3.8) is 0 Å². The van der Waals surface area contributed by atoms with Gasteiger partial charge in [-0.1, -0.05) is 51.1 Å². The number of benzene rings is 1. The topological polar surface area (TPSA) is 26.8 Å². The maximum atomic E-state index is 12.8. The van der Waals surface area contributed by atoms with E-state index in [1.165, 1.54) is 5.56 Å². The number of likely N-dealkylation sites (N-methyl/N-ethyl adjacent to an activating group) is 1. The second kappa shape index (κ2) is 7.93. The van der Waals surface area contributed by atoms with Crippen molar-refractivity contribution < 1.29 is 4.79 Å². The summed E-state index contributed by atoms with van der Waals surface area (Å²) in [5.74, 6) is 0.232. The van der Waals surface area contributed by atoms with E-state index in [-0.39, 0.29) is 11.3 Å². The highest BCUT2D eigenvalue weighted by Gasteiger charge is 2.27. The van der Waals surface area contributed by atoms with Gasteiger partial charge in [-0.15, -0.1) is 0 Å². The minimum atomic E-state index is -0.336. The number of amides is 1. The molecule has 1 fully saturated rings. The van der Waals surface area contributed by atoms with Gasteiger partial charge < -0.3 is 9.80 Å². The van der Waals surface area contributed by atoms with E-state index < -0.39 is 0 Å². The summed E-state index contributed by atoms with van der Waals surface area (Å²) in [5.41, 5.74) is 0.861. The Morgan fingerprint density at radius 2 is 1.70 bits per heavy atom. The smallest absolute Gasteiger partial charge is 0.228 e. The molecule has 1 aliphatic rings. The van der Waals surface area contributed by atoms with Crippen molar-refractivity contribution in [2.45, 2.75) is 27.3 Å². The quantitative estimate of drug-likeness (QED) is 0.834. The van der Waals surface area contributed by atoms with Crippen molar-refractivity contribution in [1.29, 1.82) is 0 Å². The average Bonchev–Trinajstić information content (AvgIpc) is 2.52. The molecule has 2 rings (SSSR count). The van der Waals surface area contributed by atoms with E-state index in [0.717, 1.165) is 39.3 Å². The molecular weight excluding hydrogens is 286 g/mol. The number of rotatable bonds is 5. The second-order valence-electron chi connectivity index (χ2n) is 7.61. The molecule has 1 aliphatic heterocycles. The lowest BCUT2D eigenvalue weighted by Gasteiger charge is -2.35. The molecule has 1 heterocycles. The van der Waals surface area contributed by atoms with Gasteiger partial charge in [0.1, 0.15) is 0 Å². The fourth-order valence-electron chi connectivity index (χ4n) is 2.86. The van der Waals surface area contributed by atoms with Crippen LogP contribution in [0, 0.1) is 5.41 Å². The zero-order valence-electron chi connectivity index (χ0n) is 15.1. The fraction of sp³-hybridized carbons (Fsp3) is 0.632. The Hall–Kier alpha value is -1.39. The number of piperazine rings is 1. The Labute approximate surface area is 141 Å². The van der Waals surface area contributed by atoms with Gasteiger partial charge in [0, 0.05) is 51.2 Å². The summed E-state index contributed by atoms with van der Waals surface area (Å²) in [5, 5.41) is 0. The highest BCUT2D eigenvalue weighted by Crippen LogP contribution is 2.19. The molecule has 1 saturated heterocycles. The van der Waals surface area contributed by atoms with Crippen LogP contribution in [-0.4, -0.2) is 66.9 Å². The number of hydrogen-bond donors (Lipinski definition) is 0. The van der Waals surface area contributed by atoms with E-state index in [1.54, 1.807) is 0 Å². The van der Waals surface area contributed by atoms with Crippen molar-refractivity contribution >= 4 is 5.91 Å². The molecule has 0 spiro atoms. The Morgan fingerprint density at radius 3 is 2.26 bits per heavy atom. The Morgan fingerprint density at radius 1 is 1.09 bits per heavy atom. The van der Waals surface area contributed by atoms with Gasteiger partial charge in [0.2, 0.25) is 5.91 Å². The van der Waals surface area contributed by atoms with Gasteiger partial charge in [0.15, 0.2) is 0 Å². The molecule has 4 nitrogen and oxygen atoms in total. The summed E-state index contributed by atoms with van der Waals surface area (Å²) < 4.78 is 0. The monoisotopic (exact) mass is 317 g/mol. The predicted octanol–water partition coefficient (Wildman–Crippen LogP) is 2.31. The zero-order chi connectivity index (χ0) is 16.9. The van der Waals surface area contributed by atoms with Crippen LogP contribution in [0.25, 0.3) is 0 Å².